The van der Waals surface area contributed by atoms with E-state index in [4.69, 9.17) is 30.2 Å². The van der Waals surface area contributed by atoms with E-state index < -0.39 is 31.3 Å². The summed E-state index contributed by atoms with van der Waals surface area (Å²) < 4.78 is 24.6. The van der Waals surface area contributed by atoms with Crippen molar-refractivity contribution in [1.29, 1.82) is 0 Å². The van der Waals surface area contributed by atoms with Crippen LogP contribution in [-0.4, -0.2) is 51.0 Å². The van der Waals surface area contributed by atoms with Crippen molar-refractivity contribution in [2.45, 2.75) is 81.4 Å². The minimum Gasteiger partial charge on any atom is -0.492 e. The fourth-order valence-corrected chi connectivity index (χ4v) is 7.16. The molecule has 0 bridgehead atoms. The van der Waals surface area contributed by atoms with Crippen LogP contribution in [0.3, 0.4) is 0 Å². The molecule has 36 heavy (non-hydrogen) atoms. The van der Waals surface area contributed by atoms with Gasteiger partial charge in [-0.1, -0.05) is 51.1 Å². The number of aliphatic hydroxyl groups is 1. The number of Topliss-reactive ketones (excluding diaryl/α,β-unsaturated/α-hetero) is 1. The first kappa shape index (κ1) is 27.0. The van der Waals surface area contributed by atoms with Gasteiger partial charge < -0.3 is 23.7 Å². The number of alkyl halides is 1. The third-order valence-electron chi connectivity index (χ3n) is 8.24. The fourth-order valence-electron chi connectivity index (χ4n) is 5.28. The molecule has 0 radical (unpaired) electrons. The summed E-state index contributed by atoms with van der Waals surface area (Å²) >= 11 is 7.07. The number of rotatable bonds is 7. The molecule has 0 heterocycles. The zero-order valence-corrected chi connectivity index (χ0v) is 23.9. The van der Waals surface area contributed by atoms with Crippen LogP contribution in [0, 0.1) is 0 Å². The van der Waals surface area contributed by atoms with E-state index in [0.717, 1.165) is 16.7 Å². The Kier molecular flexibility index (Phi) is 7.25. The van der Waals surface area contributed by atoms with Gasteiger partial charge in [0.1, 0.15) is 12.7 Å². The van der Waals surface area contributed by atoms with Gasteiger partial charge in [-0.2, -0.15) is 0 Å². The van der Waals surface area contributed by atoms with E-state index in [0.29, 0.717) is 30.3 Å². The van der Waals surface area contributed by atoms with E-state index in [2.05, 4.69) is 33.9 Å². The highest BCUT2D eigenvalue weighted by Crippen LogP contribution is 2.59. The molecule has 4 rings (SSSR count). The molecule has 4 atom stereocenters. The summed E-state index contributed by atoms with van der Waals surface area (Å²) in [5.74, 6) is 1.20. The van der Waals surface area contributed by atoms with E-state index in [1.807, 2.05) is 36.4 Å². The van der Waals surface area contributed by atoms with Crippen molar-refractivity contribution in [3.8, 4) is 17.2 Å². The second-order valence-electron chi connectivity index (χ2n) is 11.3. The quantitative estimate of drug-likeness (QED) is 0.380. The number of hydrogen-bond donors (Lipinski definition) is 1. The molecular weight excluding hydrogens is 496 g/mol. The topological polar surface area (TPSA) is 74.2 Å². The maximum Gasteiger partial charge on any atom is 0.203 e. The first-order valence-electron chi connectivity index (χ1n) is 12.4. The number of methoxy groups -OCH3 is 2. The molecule has 2 aromatic carbocycles. The van der Waals surface area contributed by atoms with Crippen molar-refractivity contribution in [2.24, 2.45) is 0 Å². The summed E-state index contributed by atoms with van der Waals surface area (Å²) in [5, 5.41) is 10.8. The van der Waals surface area contributed by atoms with Crippen LogP contribution in [-0.2, 0) is 27.7 Å². The number of ether oxygens (including phenoxy) is 3. The Morgan fingerprint density at radius 2 is 1.72 bits per heavy atom. The average molecular weight is 533 g/mol. The van der Waals surface area contributed by atoms with Gasteiger partial charge in [-0.05, 0) is 41.7 Å². The second kappa shape index (κ2) is 9.67. The first-order chi connectivity index (χ1) is 16.9. The molecule has 6 nitrogen and oxygen atoms in total. The molecule has 1 spiro atoms. The monoisotopic (exact) mass is 532 g/mol. The zero-order valence-electron chi connectivity index (χ0n) is 22.2. The highest BCUT2D eigenvalue weighted by molar-refractivity contribution is 6.74. The standard InChI is InChI=1S/C28H37ClO6Si/c1-27(2,3)36(6,7)35-23-15-20(30)26(31)28(23)19-14-21(34-16-17-11-9-8-10-12-17)25(33-5)24(32-4)18(19)13-22(28)29/h8-12,14,22-23,26,31H,13,15-16H2,1-7H3/t22-,23-,26+,28+/m0/s1. The fraction of sp³-hybridized carbons (Fsp3) is 0.536. The lowest BCUT2D eigenvalue weighted by molar-refractivity contribution is -0.125. The maximum absolute atomic E-state index is 13.0. The van der Waals surface area contributed by atoms with Crippen LogP contribution >= 0.6 is 11.6 Å². The number of fused-ring (bicyclic) bond motifs is 2. The molecule has 0 aliphatic heterocycles. The van der Waals surface area contributed by atoms with Crippen molar-refractivity contribution in [3.05, 3.63) is 53.1 Å². The largest absolute Gasteiger partial charge is 0.492 e. The van der Waals surface area contributed by atoms with Gasteiger partial charge in [0.2, 0.25) is 5.75 Å². The molecule has 2 aromatic rings. The smallest absolute Gasteiger partial charge is 0.203 e. The number of aliphatic hydroxyl groups excluding tert-OH is 1. The molecule has 0 amide bonds. The van der Waals surface area contributed by atoms with Crippen LogP contribution in [0.2, 0.25) is 18.1 Å². The summed E-state index contributed by atoms with van der Waals surface area (Å²) in [4.78, 5) is 13.0. The lowest BCUT2D eigenvalue weighted by atomic mass is 9.76. The first-order valence-corrected chi connectivity index (χ1v) is 15.7. The Labute approximate surface area is 220 Å². The summed E-state index contributed by atoms with van der Waals surface area (Å²) in [6.07, 6.45) is -1.30. The summed E-state index contributed by atoms with van der Waals surface area (Å²) in [6, 6.07) is 11.7. The maximum atomic E-state index is 13.0. The van der Waals surface area contributed by atoms with Crippen molar-refractivity contribution in [3.63, 3.8) is 0 Å². The Morgan fingerprint density at radius 1 is 1.08 bits per heavy atom. The zero-order chi connectivity index (χ0) is 26.5. The molecule has 2 aliphatic carbocycles. The van der Waals surface area contributed by atoms with Gasteiger partial charge in [0.15, 0.2) is 25.6 Å². The van der Waals surface area contributed by atoms with E-state index in [1.54, 1.807) is 14.2 Å². The molecule has 196 valence electrons. The Morgan fingerprint density at radius 3 is 2.31 bits per heavy atom. The number of carbonyl (C=O) groups excluding carboxylic acids is 1. The highest BCUT2D eigenvalue weighted by Gasteiger charge is 2.65. The van der Waals surface area contributed by atoms with Crippen LogP contribution < -0.4 is 14.2 Å². The predicted octanol–water partition coefficient (Wildman–Crippen LogP) is 5.41. The number of carbonyl (C=O) groups is 1. The number of benzene rings is 2. The molecule has 1 saturated carbocycles. The lowest BCUT2D eigenvalue weighted by Crippen LogP contribution is -2.54. The van der Waals surface area contributed by atoms with Gasteiger partial charge in [-0.3, -0.25) is 4.79 Å². The Bertz CT molecular complexity index is 1130. The third-order valence-corrected chi connectivity index (χ3v) is 13.2. The van der Waals surface area contributed by atoms with E-state index in [9.17, 15) is 9.90 Å². The van der Waals surface area contributed by atoms with Crippen LogP contribution in [0.15, 0.2) is 36.4 Å². The predicted molar refractivity (Wildman–Crippen MR) is 143 cm³/mol. The molecule has 8 heteroatoms. The van der Waals surface area contributed by atoms with Gasteiger partial charge >= 0.3 is 0 Å². The minimum atomic E-state index is -2.30. The number of halogens is 1. The number of ketones is 1. The Balaban J connectivity index is 1.85. The van der Waals surface area contributed by atoms with Gasteiger partial charge in [0.05, 0.1) is 31.1 Å². The van der Waals surface area contributed by atoms with Crippen LogP contribution in [0.5, 0.6) is 17.2 Å². The molecule has 2 aliphatic rings. The molecule has 0 unspecified atom stereocenters. The van der Waals surface area contributed by atoms with Crippen molar-refractivity contribution in [2.75, 3.05) is 14.2 Å². The van der Waals surface area contributed by atoms with E-state index in [-0.39, 0.29) is 17.2 Å². The normalized spacial score (nSPS) is 25.8. The SMILES string of the molecule is COc1c(OCc2ccccc2)cc2c(c1OC)C[C@H](Cl)[C@@]21[C@@H](O[Si](C)(C)C(C)(C)C)CC(=O)[C@H]1O. The molecule has 1 fully saturated rings. The van der Waals surface area contributed by atoms with Crippen LogP contribution in [0.1, 0.15) is 43.9 Å². The molecule has 0 aromatic heterocycles. The Hall–Kier alpha value is -2.06. The highest BCUT2D eigenvalue weighted by atomic mass is 35.5. The van der Waals surface area contributed by atoms with Crippen molar-refractivity contribution in [1.82, 2.24) is 0 Å². The minimum absolute atomic E-state index is 0.0738. The van der Waals surface area contributed by atoms with Gasteiger partial charge in [0.25, 0.3) is 0 Å². The van der Waals surface area contributed by atoms with Gasteiger partial charge in [-0.25, -0.2) is 0 Å². The van der Waals surface area contributed by atoms with E-state index >= 15 is 0 Å². The van der Waals surface area contributed by atoms with Crippen molar-refractivity contribution < 1.29 is 28.5 Å². The van der Waals surface area contributed by atoms with Gasteiger partial charge in [0, 0.05) is 12.0 Å². The molecule has 0 saturated heterocycles. The van der Waals surface area contributed by atoms with Crippen LogP contribution in [0.4, 0.5) is 0 Å². The van der Waals surface area contributed by atoms with E-state index in [1.165, 1.54) is 0 Å². The second-order valence-corrected chi connectivity index (χ2v) is 16.6. The number of hydrogen-bond acceptors (Lipinski definition) is 6. The molecular formula is C28H37ClO6Si. The summed E-state index contributed by atoms with van der Waals surface area (Å²) in [5.41, 5.74) is 1.46. The third kappa shape index (κ3) is 4.24. The average Bonchev–Trinajstić information content (AvgIpc) is 3.25. The summed E-state index contributed by atoms with van der Waals surface area (Å²) in [7, 11) is 0.851. The van der Waals surface area contributed by atoms with Gasteiger partial charge in [-0.15, -0.1) is 11.6 Å². The summed E-state index contributed by atoms with van der Waals surface area (Å²) in [6.45, 7) is 11.1. The van der Waals surface area contributed by atoms with Crippen molar-refractivity contribution >= 4 is 25.7 Å². The lowest BCUT2D eigenvalue weighted by Gasteiger charge is -2.44. The molecule has 1 N–H and O–H groups in total. The van der Waals surface area contributed by atoms with Crippen LogP contribution in [0.25, 0.3) is 0 Å².